The molecule has 2 aromatic rings. The van der Waals surface area contributed by atoms with Crippen molar-refractivity contribution in [1.82, 2.24) is 10.6 Å². The number of benzene rings is 2. The van der Waals surface area contributed by atoms with Crippen molar-refractivity contribution >= 4 is 5.96 Å². The first kappa shape index (κ1) is 15.9. The number of aryl methyl sites for hydroxylation is 1. The number of guanidine groups is 1. The normalized spacial score (nSPS) is 11.1. The molecular formula is C18H23N3O. The lowest BCUT2D eigenvalue weighted by molar-refractivity contribution is 0.411. The second kappa shape index (κ2) is 8.08. The number of hydrogen-bond acceptors (Lipinski definition) is 2. The van der Waals surface area contributed by atoms with E-state index in [2.05, 4.69) is 39.9 Å². The fraction of sp³-hybridized carbons (Fsp3) is 0.278. The molecule has 0 aromatic heterocycles. The third-order valence-corrected chi connectivity index (χ3v) is 3.45. The van der Waals surface area contributed by atoms with E-state index >= 15 is 0 Å². The van der Waals surface area contributed by atoms with Gasteiger partial charge in [-0.3, -0.25) is 4.99 Å². The summed E-state index contributed by atoms with van der Waals surface area (Å²) in [6.45, 7) is 3.52. The summed E-state index contributed by atoms with van der Waals surface area (Å²) in [7, 11) is 3.47. The molecule has 0 radical (unpaired) electrons. The number of hydrogen-bond donors (Lipinski definition) is 2. The van der Waals surface area contributed by atoms with Gasteiger partial charge in [0.2, 0.25) is 0 Å². The average molecular weight is 297 g/mol. The second-order valence-electron chi connectivity index (χ2n) is 5.07. The summed E-state index contributed by atoms with van der Waals surface area (Å²) >= 11 is 0. The van der Waals surface area contributed by atoms with Crippen LogP contribution in [0.15, 0.2) is 53.5 Å². The Labute approximate surface area is 132 Å². The van der Waals surface area contributed by atoms with E-state index in [0.717, 1.165) is 30.4 Å². The monoisotopic (exact) mass is 297 g/mol. The number of methoxy groups -OCH3 is 1. The van der Waals surface area contributed by atoms with Crippen LogP contribution in [-0.4, -0.2) is 20.1 Å². The zero-order chi connectivity index (χ0) is 15.8. The van der Waals surface area contributed by atoms with Crippen molar-refractivity contribution in [2.45, 2.75) is 20.0 Å². The van der Waals surface area contributed by atoms with Gasteiger partial charge in [0.05, 0.1) is 7.11 Å². The van der Waals surface area contributed by atoms with Gasteiger partial charge in [0.15, 0.2) is 5.96 Å². The van der Waals surface area contributed by atoms with Crippen LogP contribution in [0.25, 0.3) is 0 Å². The highest BCUT2D eigenvalue weighted by Crippen LogP contribution is 2.18. The molecule has 0 amide bonds. The summed E-state index contributed by atoms with van der Waals surface area (Å²) < 4.78 is 5.28. The van der Waals surface area contributed by atoms with E-state index in [0.29, 0.717) is 0 Å². The maximum absolute atomic E-state index is 5.28. The predicted octanol–water partition coefficient (Wildman–Crippen LogP) is 2.87. The van der Waals surface area contributed by atoms with E-state index in [1.54, 1.807) is 14.2 Å². The molecular weight excluding hydrogens is 274 g/mol. The van der Waals surface area contributed by atoms with Crippen LogP contribution >= 0.6 is 0 Å². The summed E-state index contributed by atoms with van der Waals surface area (Å²) in [5.41, 5.74) is 3.56. The van der Waals surface area contributed by atoms with Crippen molar-refractivity contribution in [3.63, 3.8) is 0 Å². The minimum absolute atomic E-state index is 0.722. The molecule has 4 heteroatoms. The van der Waals surface area contributed by atoms with Crippen LogP contribution in [0.4, 0.5) is 0 Å². The van der Waals surface area contributed by atoms with Gasteiger partial charge in [-0.15, -0.1) is 0 Å². The van der Waals surface area contributed by atoms with Crippen LogP contribution in [0, 0.1) is 6.92 Å². The first-order chi connectivity index (χ1) is 10.7. The summed E-state index contributed by atoms with van der Waals surface area (Å²) in [5, 5.41) is 6.63. The lowest BCUT2D eigenvalue weighted by Gasteiger charge is -2.13. The van der Waals surface area contributed by atoms with Gasteiger partial charge in [0.25, 0.3) is 0 Å². The number of ether oxygens (including phenoxy) is 1. The average Bonchev–Trinajstić information content (AvgIpc) is 2.56. The zero-order valence-corrected chi connectivity index (χ0v) is 13.4. The summed E-state index contributed by atoms with van der Waals surface area (Å²) in [6.07, 6.45) is 0. The lowest BCUT2D eigenvalue weighted by atomic mass is 10.1. The Hall–Kier alpha value is -2.49. The van der Waals surface area contributed by atoms with Crippen molar-refractivity contribution in [2.24, 2.45) is 4.99 Å². The van der Waals surface area contributed by atoms with Crippen molar-refractivity contribution in [3.05, 3.63) is 65.2 Å². The maximum atomic E-state index is 5.28. The first-order valence-electron chi connectivity index (χ1n) is 7.35. The number of nitrogens with one attached hydrogen (secondary N) is 2. The van der Waals surface area contributed by atoms with Crippen LogP contribution in [0.1, 0.15) is 16.7 Å². The Morgan fingerprint density at radius 1 is 1.00 bits per heavy atom. The Kier molecular flexibility index (Phi) is 5.83. The highest BCUT2D eigenvalue weighted by molar-refractivity contribution is 5.79. The molecule has 22 heavy (non-hydrogen) atoms. The van der Waals surface area contributed by atoms with Crippen molar-refractivity contribution in [2.75, 3.05) is 14.2 Å². The molecule has 0 aliphatic carbocycles. The van der Waals surface area contributed by atoms with E-state index in [4.69, 9.17) is 4.74 Å². The molecule has 4 nitrogen and oxygen atoms in total. The molecule has 0 fully saturated rings. The largest absolute Gasteiger partial charge is 0.496 e. The summed E-state index contributed by atoms with van der Waals surface area (Å²) in [4.78, 5) is 4.24. The van der Waals surface area contributed by atoms with E-state index in [9.17, 15) is 0 Å². The highest BCUT2D eigenvalue weighted by atomic mass is 16.5. The smallest absolute Gasteiger partial charge is 0.191 e. The molecule has 0 spiro atoms. The van der Waals surface area contributed by atoms with Crippen molar-refractivity contribution in [3.8, 4) is 5.75 Å². The van der Waals surface area contributed by atoms with Gasteiger partial charge >= 0.3 is 0 Å². The molecule has 116 valence electrons. The van der Waals surface area contributed by atoms with E-state index in [1.807, 2.05) is 31.2 Å². The van der Waals surface area contributed by atoms with Gasteiger partial charge < -0.3 is 15.4 Å². The van der Waals surface area contributed by atoms with E-state index < -0.39 is 0 Å². The third-order valence-electron chi connectivity index (χ3n) is 3.45. The quantitative estimate of drug-likeness (QED) is 0.659. The van der Waals surface area contributed by atoms with Gasteiger partial charge in [-0.1, -0.05) is 42.5 Å². The number of rotatable bonds is 5. The van der Waals surface area contributed by atoms with Gasteiger partial charge in [0, 0.05) is 20.1 Å². The second-order valence-corrected chi connectivity index (χ2v) is 5.07. The molecule has 2 rings (SSSR count). The molecule has 2 aromatic carbocycles. The van der Waals surface area contributed by atoms with Crippen LogP contribution in [0.3, 0.4) is 0 Å². The molecule has 0 atom stereocenters. The van der Waals surface area contributed by atoms with Crippen LogP contribution in [0.5, 0.6) is 5.75 Å². The molecule has 2 N–H and O–H groups in total. The van der Waals surface area contributed by atoms with Gasteiger partial charge in [0.1, 0.15) is 5.75 Å². The minimum Gasteiger partial charge on any atom is -0.496 e. The lowest BCUT2D eigenvalue weighted by Crippen LogP contribution is -2.36. The highest BCUT2D eigenvalue weighted by Gasteiger charge is 2.02. The SMILES string of the molecule is CN=C(NCc1ccccc1)NCc1ccc(OC)c(C)c1. The van der Waals surface area contributed by atoms with E-state index in [1.165, 1.54) is 11.1 Å². The number of nitrogens with zero attached hydrogens (tertiary/aromatic N) is 1. The molecule has 0 saturated heterocycles. The topological polar surface area (TPSA) is 45.7 Å². The third kappa shape index (κ3) is 4.52. The Morgan fingerprint density at radius 2 is 1.68 bits per heavy atom. The van der Waals surface area contributed by atoms with Crippen LogP contribution in [0.2, 0.25) is 0 Å². The molecule has 0 saturated carbocycles. The van der Waals surface area contributed by atoms with E-state index in [-0.39, 0.29) is 0 Å². The molecule has 0 aliphatic rings. The minimum atomic E-state index is 0.722. The molecule has 0 heterocycles. The summed E-state index contributed by atoms with van der Waals surface area (Å²) in [6, 6.07) is 16.4. The fourth-order valence-corrected chi connectivity index (χ4v) is 2.24. The van der Waals surface area contributed by atoms with Gasteiger partial charge in [-0.2, -0.15) is 0 Å². The molecule has 0 unspecified atom stereocenters. The standard InChI is InChI=1S/C18H23N3O/c1-14-11-16(9-10-17(14)22-3)13-21-18(19-2)20-12-15-7-5-4-6-8-15/h4-11H,12-13H2,1-3H3,(H2,19,20,21). The molecule has 0 aliphatic heterocycles. The predicted molar refractivity (Wildman–Crippen MR) is 91.2 cm³/mol. The Bertz CT molecular complexity index is 623. The Balaban J connectivity index is 1.87. The van der Waals surface area contributed by atoms with Crippen molar-refractivity contribution < 1.29 is 4.74 Å². The first-order valence-corrected chi connectivity index (χ1v) is 7.35. The zero-order valence-electron chi connectivity index (χ0n) is 13.4. The van der Waals surface area contributed by atoms with Gasteiger partial charge in [-0.25, -0.2) is 0 Å². The van der Waals surface area contributed by atoms with Crippen LogP contribution in [-0.2, 0) is 13.1 Å². The van der Waals surface area contributed by atoms with Crippen molar-refractivity contribution in [1.29, 1.82) is 0 Å². The fourth-order valence-electron chi connectivity index (χ4n) is 2.24. The number of aliphatic imine (C=N–C) groups is 1. The maximum Gasteiger partial charge on any atom is 0.191 e. The van der Waals surface area contributed by atoms with Crippen LogP contribution < -0.4 is 15.4 Å². The molecule has 0 bridgehead atoms. The summed E-state index contributed by atoms with van der Waals surface area (Å²) in [5.74, 6) is 1.70. The van der Waals surface area contributed by atoms with Gasteiger partial charge in [-0.05, 0) is 29.7 Å². The Morgan fingerprint density at radius 3 is 2.27 bits per heavy atom.